The molecule has 1 fully saturated rings. The molecule has 4 rings (SSSR count). The topological polar surface area (TPSA) is 76.3 Å². The van der Waals surface area contributed by atoms with Gasteiger partial charge in [0.2, 0.25) is 0 Å². The first kappa shape index (κ1) is 18.1. The average molecular weight is 375 g/mol. The lowest BCUT2D eigenvalue weighted by atomic mass is 9.91. The number of amides is 1. The molecule has 3 aromatic rings. The van der Waals surface area contributed by atoms with Gasteiger partial charge in [-0.1, -0.05) is 41.6 Å². The summed E-state index contributed by atoms with van der Waals surface area (Å²) in [7, 11) is 0. The molecular weight excluding hydrogens is 354 g/mol. The van der Waals surface area contributed by atoms with Gasteiger partial charge in [0.15, 0.2) is 5.78 Å². The molecule has 1 aromatic carbocycles. The average Bonchev–Trinajstić information content (AvgIpc) is 3.15. The number of hydrogen-bond acceptors (Lipinski definition) is 5. The van der Waals surface area contributed by atoms with Crippen LogP contribution in [0.4, 0.5) is 0 Å². The fraction of sp³-hybridized carbons (Fsp3) is 0.273. The molecule has 142 valence electrons. The van der Waals surface area contributed by atoms with Crippen molar-refractivity contribution in [2.45, 2.75) is 19.8 Å². The van der Waals surface area contributed by atoms with Gasteiger partial charge in [-0.15, -0.1) is 0 Å². The van der Waals surface area contributed by atoms with Crippen molar-refractivity contribution >= 4 is 11.7 Å². The summed E-state index contributed by atoms with van der Waals surface area (Å²) in [5.41, 5.74) is 2.30. The van der Waals surface area contributed by atoms with Crippen molar-refractivity contribution in [1.82, 2.24) is 15.0 Å². The number of pyridine rings is 1. The summed E-state index contributed by atoms with van der Waals surface area (Å²) >= 11 is 0. The first-order valence-corrected chi connectivity index (χ1v) is 9.41. The van der Waals surface area contributed by atoms with Crippen molar-refractivity contribution in [2.75, 3.05) is 13.1 Å². The molecule has 6 nitrogen and oxygen atoms in total. The Morgan fingerprint density at radius 2 is 1.89 bits per heavy atom. The largest absolute Gasteiger partial charge is 0.360 e. The number of aryl methyl sites for hydroxylation is 1. The van der Waals surface area contributed by atoms with E-state index in [1.807, 2.05) is 30.3 Å². The minimum atomic E-state index is -0.243. The van der Waals surface area contributed by atoms with Gasteiger partial charge in [0.25, 0.3) is 5.91 Å². The fourth-order valence-corrected chi connectivity index (χ4v) is 3.67. The summed E-state index contributed by atoms with van der Waals surface area (Å²) in [6, 6.07) is 14.8. The van der Waals surface area contributed by atoms with Gasteiger partial charge in [-0.05, 0) is 31.9 Å². The van der Waals surface area contributed by atoms with Crippen LogP contribution >= 0.6 is 0 Å². The molecule has 1 unspecified atom stereocenters. The SMILES string of the molecule is Cc1onc(-c2ccccc2)c1C(=O)N1CCCC(C(=O)c2ccccn2)C1. The zero-order valence-electron chi connectivity index (χ0n) is 15.7. The highest BCUT2D eigenvalue weighted by atomic mass is 16.5. The Kier molecular flexibility index (Phi) is 5.02. The van der Waals surface area contributed by atoms with Crippen molar-refractivity contribution in [2.24, 2.45) is 5.92 Å². The van der Waals surface area contributed by atoms with Crippen LogP contribution in [0.1, 0.15) is 39.4 Å². The first-order valence-electron chi connectivity index (χ1n) is 9.41. The molecule has 1 saturated heterocycles. The molecule has 0 saturated carbocycles. The zero-order valence-corrected chi connectivity index (χ0v) is 15.7. The minimum Gasteiger partial charge on any atom is -0.360 e. The molecule has 0 spiro atoms. The molecule has 1 atom stereocenters. The van der Waals surface area contributed by atoms with Crippen molar-refractivity contribution in [3.8, 4) is 11.3 Å². The second-order valence-corrected chi connectivity index (χ2v) is 7.00. The van der Waals surface area contributed by atoms with Crippen molar-refractivity contribution in [1.29, 1.82) is 0 Å². The molecule has 0 aliphatic carbocycles. The Labute approximate surface area is 163 Å². The van der Waals surface area contributed by atoms with Gasteiger partial charge in [0.1, 0.15) is 22.7 Å². The number of nitrogens with zero attached hydrogens (tertiary/aromatic N) is 3. The van der Waals surface area contributed by atoms with E-state index in [1.54, 1.807) is 36.2 Å². The number of hydrogen-bond donors (Lipinski definition) is 0. The van der Waals surface area contributed by atoms with Crippen molar-refractivity contribution in [3.05, 3.63) is 71.7 Å². The number of carbonyl (C=O) groups is 2. The van der Waals surface area contributed by atoms with Crippen LogP contribution < -0.4 is 0 Å². The quantitative estimate of drug-likeness (QED) is 0.649. The standard InChI is InChI=1S/C22H21N3O3/c1-15-19(20(24-28-15)16-8-3-2-4-9-16)22(27)25-13-7-10-17(14-25)21(26)18-11-5-6-12-23-18/h2-6,8-9,11-12,17H,7,10,13-14H2,1H3. The number of Topliss-reactive ketones (excluding diaryl/α,β-unsaturated/α-hetero) is 1. The zero-order chi connectivity index (χ0) is 19.5. The molecule has 3 heterocycles. The third kappa shape index (κ3) is 3.45. The molecule has 28 heavy (non-hydrogen) atoms. The van der Waals surface area contributed by atoms with Crippen molar-refractivity contribution in [3.63, 3.8) is 0 Å². The second kappa shape index (κ2) is 7.76. The van der Waals surface area contributed by atoms with Crippen LogP contribution in [-0.4, -0.2) is 39.8 Å². The van der Waals surface area contributed by atoms with E-state index in [9.17, 15) is 9.59 Å². The second-order valence-electron chi connectivity index (χ2n) is 7.00. The summed E-state index contributed by atoms with van der Waals surface area (Å²) in [6.45, 7) is 2.74. The number of ketones is 1. The maximum atomic E-state index is 13.3. The van der Waals surface area contributed by atoms with Gasteiger partial charge in [-0.2, -0.15) is 0 Å². The van der Waals surface area contributed by atoms with Crippen LogP contribution in [-0.2, 0) is 0 Å². The number of likely N-dealkylation sites (tertiary alicyclic amines) is 1. The summed E-state index contributed by atoms with van der Waals surface area (Å²) in [6.07, 6.45) is 3.15. The highest BCUT2D eigenvalue weighted by Crippen LogP contribution is 2.28. The van der Waals surface area contributed by atoms with E-state index >= 15 is 0 Å². The number of carbonyl (C=O) groups excluding carboxylic acids is 2. The third-order valence-corrected chi connectivity index (χ3v) is 5.12. The highest BCUT2D eigenvalue weighted by Gasteiger charge is 2.33. The summed E-state index contributed by atoms with van der Waals surface area (Å²) in [5, 5.41) is 4.10. The smallest absolute Gasteiger partial charge is 0.259 e. The number of benzene rings is 1. The Balaban J connectivity index is 1.58. The fourth-order valence-electron chi connectivity index (χ4n) is 3.67. The van der Waals surface area contributed by atoms with Gasteiger partial charge in [0, 0.05) is 30.8 Å². The lowest BCUT2D eigenvalue weighted by molar-refractivity contribution is 0.0634. The Bertz CT molecular complexity index is 983. The lowest BCUT2D eigenvalue weighted by Crippen LogP contribution is -2.42. The molecule has 1 amide bonds. The summed E-state index contributed by atoms with van der Waals surface area (Å²) in [5.74, 6) is 0.0921. The maximum absolute atomic E-state index is 13.3. The molecule has 0 bridgehead atoms. The maximum Gasteiger partial charge on any atom is 0.259 e. The monoisotopic (exact) mass is 375 g/mol. The van der Waals surface area contributed by atoms with Crippen LogP contribution in [0.3, 0.4) is 0 Å². The molecule has 6 heteroatoms. The van der Waals surface area contributed by atoms with Crippen molar-refractivity contribution < 1.29 is 14.1 Å². The van der Waals surface area contributed by atoms with Crippen LogP contribution in [0, 0.1) is 12.8 Å². The van der Waals surface area contributed by atoms with Gasteiger partial charge >= 0.3 is 0 Å². The molecule has 0 radical (unpaired) electrons. The van der Waals surface area contributed by atoms with E-state index in [-0.39, 0.29) is 17.6 Å². The minimum absolute atomic E-state index is 0.0107. The predicted molar refractivity (Wildman–Crippen MR) is 104 cm³/mol. The number of rotatable bonds is 4. The highest BCUT2D eigenvalue weighted by molar-refractivity contribution is 6.01. The molecule has 1 aliphatic rings. The number of aromatic nitrogens is 2. The Morgan fingerprint density at radius 1 is 1.11 bits per heavy atom. The van der Waals surface area contributed by atoms with Crippen LogP contribution in [0.25, 0.3) is 11.3 Å². The van der Waals surface area contributed by atoms with Crippen LogP contribution in [0.2, 0.25) is 0 Å². The predicted octanol–water partition coefficient (Wildman–Crippen LogP) is 3.78. The van der Waals surface area contributed by atoms with Gasteiger partial charge in [-0.3, -0.25) is 14.6 Å². The van der Waals surface area contributed by atoms with E-state index in [1.165, 1.54) is 0 Å². The number of piperidine rings is 1. The Hall–Kier alpha value is -3.28. The van der Waals surface area contributed by atoms with E-state index in [0.29, 0.717) is 35.8 Å². The third-order valence-electron chi connectivity index (χ3n) is 5.12. The summed E-state index contributed by atoms with van der Waals surface area (Å²) in [4.78, 5) is 32.0. The van der Waals surface area contributed by atoms with Gasteiger partial charge in [0.05, 0.1) is 0 Å². The normalized spacial score (nSPS) is 16.8. The lowest BCUT2D eigenvalue weighted by Gasteiger charge is -2.32. The molecule has 0 N–H and O–H groups in total. The van der Waals surface area contributed by atoms with E-state index in [4.69, 9.17) is 4.52 Å². The Morgan fingerprint density at radius 3 is 2.64 bits per heavy atom. The molecular formula is C22H21N3O3. The molecule has 1 aliphatic heterocycles. The van der Waals surface area contributed by atoms with Gasteiger partial charge in [-0.25, -0.2) is 0 Å². The van der Waals surface area contributed by atoms with Gasteiger partial charge < -0.3 is 9.42 Å². The van der Waals surface area contributed by atoms with E-state index < -0.39 is 0 Å². The van der Waals surface area contributed by atoms with Crippen LogP contribution in [0.15, 0.2) is 59.3 Å². The van der Waals surface area contributed by atoms with E-state index in [2.05, 4.69) is 10.1 Å². The summed E-state index contributed by atoms with van der Waals surface area (Å²) < 4.78 is 5.33. The molecule has 2 aromatic heterocycles. The van der Waals surface area contributed by atoms with Crippen LogP contribution in [0.5, 0.6) is 0 Å². The first-order chi connectivity index (χ1) is 13.6. The van der Waals surface area contributed by atoms with E-state index in [0.717, 1.165) is 18.4 Å².